The number of hydrogen-bond acceptors (Lipinski definition) is 4. The second kappa shape index (κ2) is 5.77. The van der Waals surface area contributed by atoms with Gasteiger partial charge in [0.15, 0.2) is 0 Å². The maximum absolute atomic E-state index is 4.38. The van der Waals surface area contributed by atoms with Gasteiger partial charge in [0.1, 0.15) is 0 Å². The first-order valence-corrected chi connectivity index (χ1v) is 6.31. The Balaban J connectivity index is 1.68. The lowest BCUT2D eigenvalue weighted by atomic mass is 10.4. The number of nitrogens with one attached hydrogen (secondary N) is 2. The van der Waals surface area contributed by atoms with Crippen LogP contribution >= 0.6 is 11.3 Å². The van der Waals surface area contributed by atoms with Crippen molar-refractivity contribution in [1.29, 1.82) is 0 Å². The van der Waals surface area contributed by atoms with Gasteiger partial charge in [-0.25, -0.2) is 9.97 Å². The Kier molecular flexibility index (Phi) is 4.07. The van der Waals surface area contributed by atoms with Crippen molar-refractivity contribution < 1.29 is 0 Å². The molecule has 0 saturated carbocycles. The molecule has 2 N–H and O–H groups in total. The summed E-state index contributed by atoms with van der Waals surface area (Å²) in [5, 5.41) is 4.58. The lowest BCUT2D eigenvalue weighted by Crippen LogP contribution is -2.16. The van der Waals surface area contributed by atoms with Crippen LogP contribution in [-0.4, -0.2) is 21.5 Å². The van der Waals surface area contributed by atoms with E-state index in [1.54, 1.807) is 6.33 Å². The zero-order chi connectivity index (χ0) is 11.2. The smallest absolute Gasteiger partial charge is 0.0940 e. The van der Waals surface area contributed by atoms with Crippen LogP contribution in [0.25, 0.3) is 0 Å². The van der Waals surface area contributed by atoms with Gasteiger partial charge in [-0.05, 0) is 6.42 Å². The van der Waals surface area contributed by atoms with Gasteiger partial charge < -0.3 is 10.3 Å². The van der Waals surface area contributed by atoms with Crippen LogP contribution in [0.5, 0.6) is 0 Å². The van der Waals surface area contributed by atoms with Crippen molar-refractivity contribution in [2.24, 2.45) is 0 Å². The maximum Gasteiger partial charge on any atom is 0.0940 e. The first-order chi connectivity index (χ1) is 7.88. The van der Waals surface area contributed by atoms with Crippen LogP contribution in [0.1, 0.15) is 22.5 Å². The molecule has 0 unspecified atom stereocenters. The van der Waals surface area contributed by atoms with Crippen LogP contribution in [0.15, 0.2) is 18.7 Å². The summed E-state index contributed by atoms with van der Waals surface area (Å²) in [6.45, 7) is 3.95. The average Bonchev–Trinajstić information content (AvgIpc) is 2.95. The van der Waals surface area contributed by atoms with Crippen LogP contribution in [0.2, 0.25) is 0 Å². The van der Waals surface area contributed by atoms with Gasteiger partial charge in [-0.2, -0.15) is 0 Å². The van der Waals surface area contributed by atoms with Crippen molar-refractivity contribution in [1.82, 2.24) is 20.3 Å². The molecule has 5 heteroatoms. The van der Waals surface area contributed by atoms with E-state index >= 15 is 0 Å². The molecular weight excluding hydrogens is 220 g/mol. The highest BCUT2D eigenvalue weighted by molar-refractivity contribution is 7.11. The molecule has 16 heavy (non-hydrogen) atoms. The third-order valence-corrected chi connectivity index (χ3v) is 3.54. The van der Waals surface area contributed by atoms with Gasteiger partial charge >= 0.3 is 0 Å². The van der Waals surface area contributed by atoms with E-state index in [0.717, 1.165) is 31.6 Å². The highest BCUT2D eigenvalue weighted by Gasteiger charge is 2.00. The zero-order valence-corrected chi connectivity index (χ0v) is 10.2. The minimum absolute atomic E-state index is 0.839. The summed E-state index contributed by atoms with van der Waals surface area (Å²) in [6, 6.07) is 0. The quantitative estimate of drug-likeness (QED) is 0.751. The van der Waals surface area contributed by atoms with E-state index in [1.807, 2.05) is 23.7 Å². The van der Waals surface area contributed by atoms with Crippen LogP contribution in [-0.2, 0) is 19.4 Å². The van der Waals surface area contributed by atoms with E-state index in [9.17, 15) is 0 Å². The fraction of sp³-hybridized carbons (Fsp3) is 0.455. The van der Waals surface area contributed by atoms with Crippen molar-refractivity contribution in [3.8, 4) is 0 Å². The van der Waals surface area contributed by atoms with Gasteiger partial charge in [0.2, 0.25) is 0 Å². The molecule has 2 aromatic rings. The molecule has 0 aliphatic heterocycles. The summed E-state index contributed by atoms with van der Waals surface area (Å²) in [4.78, 5) is 12.8. The highest BCUT2D eigenvalue weighted by Crippen LogP contribution is 2.13. The third-order valence-electron chi connectivity index (χ3n) is 2.34. The summed E-state index contributed by atoms with van der Waals surface area (Å²) in [6.07, 6.45) is 7.60. The zero-order valence-electron chi connectivity index (χ0n) is 9.36. The molecular formula is C11H16N4S. The average molecular weight is 236 g/mol. The molecule has 0 aromatic carbocycles. The summed E-state index contributed by atoms with van der Waals surface area (Å²) in [7, 11) is 0. The normalized spacial score (nSPS) is 10.8. The monoisotopic (exact) mass is 236 g/mol. The van der Waals surface area contributed by atoms with Crippen LogP contribution < -0.4 is 5.32 Å². The number of H-pyrrole nitrogens is 1. The number of aryl methyl sites for hydroxylation is 1. The summed E-state index contributed by atoms with van der Waals surface area (Å²) in [5.74, 6) is 0. The largest absolute Gasteiger partial charge is 0.347 e. The van der Waals surface area contributed by atoms with E-state index < -0.39 is 0 Å². The van der Waals surface area contributed by atoms with Crippen molar-refractivity contribution in [3.63, 3.8) is 0 Å². The molecule has 4 nitrogen and oxygen atoms in total. The molecule has 0 spiro atoms. The topological polar surface area (TPSA) is 53.6 Å². The van der Waals surface area contributed by atoms with Gasteiger partial charge in [0.05, 0.1) is 11.3 Å². The second-order valence-electron chi connectivity index (χ2n) is 3.58. The Morgan fingerprint density at radius 1 is 1.44 bits per heavy atom. The lowest BCUT2D eigenvalue weighted by Gasteiger charge is -2.00. The molecule has 0 fully saturated rings. The van der Waals surface area contributed by atoms with Crippen LogP contribution in [0.3, 0.4) is 0 Å². The van der Waals surface area contributed by atoms with Gasteiger partial charge in [0, 0.05) is 42.5 Å². The van der Waals surface area contributed by atoms with Gasteiger partial charge in [-0.15, -0.1) is 11.3 Å². The molecule has 0 radical (unpaired) electrons. The van der Waals surface area contributed by atoms with Crippen molar-refractivity contribution >= 4 is 11.3 Å². The van der Waals surface area contributed by atoms with Crippen LogP contribution in [0.4, 0.5) is 0 Å². The molecule has 2 heterocycles. The minimum atomic E-state index is 0.839. The number of hydrogen-bond donors (Lipinski definition) is 2. The lowest BCUT2D eigenvalue weighted by molar-refractivity contribution is 0.675. The Hall–Kier alpha value is -1.20. The molecule has 86 valence electrons. The molecule has 0 amide bonds. The molecule has 0 aliphatic rings. The minimum Gasteiger partial charge on any atom is -0.347 e. The third kappa shape index (κ3) is 3.15. The summed E-state index contributed by atoms with van der Waals surface area (Å²) in [5.41, 5.74) is 1.12. The molecule has 2 aromatic heterocycles. The standard InChI is InChI=1S/C11H16N4S/c1-2-10-7-14-11(16-10)3-4-12-5-9-6-13-8-15-9/h6-8,12H,2-5H2,1H3,(H,13,15). The van der Waals surface area contributed by atoms with E-state index in [2.05, 4.69) is 27.2 Å². The Morgan fingerprint density at radius 2 is 2.38 bits per heavy atom. The second-order valence-corrected chi connectivity index (χ2v) is 4.78. The van der Waals surface area contributed by atoms with E-state index in [1.165, 1.54) is 9.88 Å². The fourth-order valence-electron chi connectivity index (χ4n) is 1.43. The van der Waals surface area contributed by atoms with Gasteiger partial charge in [0.25, 0.3) is 0 Å². The molecule has 0 saturated heterocycles. The van der Waals surface area contributed by atoms with E-state index in [4.69, 9.17) is 0 Å². The summed E-state index contributed by atoms with van der Waals surface area (Å²) < 4.78 is 0. The molecule has 0 atom stereocenters. The highest BCUT2D eigenvalue weighted by atomic mass is 32.1. The number of imidazole rings is 1. The van der Waals surface area contributed by atoms with E-state index in [0.29, 0.717) is 0 Å². The van der Waals surface area contributed by atoms with Gasteiger partial charge in [-0.1, -0.05) is 6.92 Å². The van der Waals surface area contributed by atoms with Crippen molar-refractivity contribution in [3.05, 3.63) is 34.3 Å². The molecule has 0 bridgehead atoms. The predicted octanol–water partition coefficient (Wildman–Crippen LogP) is 1.76. The Morgan fingerprint density at radius 3 is 3.06 bits per heavy atom. The predicted molar refractivity (Wildman–Crippen MR) is 65.5 cm³/mol. The fourth-order valence-corrected chi connectivity index (χ4v) is 2.29. The van der Waals surface area contributed by atoms with Gasteiger partial charge in [-0.3, -0.25) is 0 Å². The molecule has 2 rings (SSSR count). The van der Waals surface area contributed by atoms with Crippen molar-refractivity contribution in [2.45, 2.75) is 26.3 Å². The number of aromatic amines is 1. The SMILES string of the molecule is CCc1cnc(CCNCc2cnc[nH]2)s1. The number of thiazole rings is 1. The van der Waals surface area contributed by atoms with E-state index in [-0.39, 0.29) is 0 Å². The first kappa shape index (κ1) is 11.3. The maximum atomic E-state index is 4.38. The Labute approximate surface area is 99.2 Å². The van der Waals surface area contributed by atoms with Crippen molar-refractivity contribution in [2.75, 3.05) is 6.54 Å². The molecule has 0 aliphatic carbocycles. The number of aromatic nitrogens is 3. The summed E-state index contributed by atoms with van der Waals surface area (Å²) >= 11 is 1.81. The van der Waals surface area contributed by atoms with Crippen LogP contribution in [0, 0.1) is 0 Å². The number of nitrogens with zero attached hydrogens (tertiary/aromatic N) is 2. The Bertz CT molecular complexity index is 407. The number of rotatable bonds is 6. The first-order valence-electron chi connectivity index (χ1n) is 5.50.